The van der Waals surface area contributed by atoms with E-state index < -0.39 is 5.82 Å². The lowest BCUT2D eigenvalue weighted by Crippen LogP contribution is -2.45. The Labute approximate surface area is 190 Å². The summed E-state index contributed by atoms with van der Waals surface area (Å²) in [5.74, 6) is 0.136. The molecule has 1 aromatic heterocycles. The molecule has 11 heteroatoms. The second-order valence-electron chi connectivity index (χ2n) is 8.33. The average Bonchev–Trinajstić information content (AvgIpc) is 3.48. The fraction of sp³-hybridized carbons (Fsp3) is 0.571. The summed E-state index contributed by atoms with van der Waals surface area (Å²) in [6.45, 7) is 1.78. The van der Waals surface area contributed by atoms with Crippen molar-refractivity contribution in [3.05, 3.63) is 30.1 Å². The van der Waals surface area contributed by atoms with Crippen molar-refractivity contribution in [2.24, 2.45) is 5.92 Å². The second kappa shape index (κ2) is 10.8. The van der Waals surface area contributed by atoms with Crippen molar-refractivity contribution in [2.45, 2.75) is 49.7 Å². The number of aromatic nitrogens is 4. The van der Waals surface area contributed by atoms with Crippen LogP contribution in [-0.2, 0) is 4.79 Å². The number of hydrogen-bond acceptors (Lipinski definition) is 6. The minimum atomic E-state index is -0.403. The Morgan fingerprint density at radius 2 is 2.03 bits per heavy atom. The number of carbonyl (C=O) groups is 2. The molecule has 2 fully saturated rings. The van der Waals surface area contributed by atoms with Crippen LogP contribution >= 0.6 is 11.8 Å². The number of nitrogens with one attached hydrogen (secondary N) is 2. The number of carbonyl (C=O) groups excluding carboxylic acids is 2. The Kier molecular flexibility index (Phi) is 7.56. The smallest absolute Gasteiger partial charge is 0.319 e. The van der Waals surface area contributed by atoms with E-state index in [1.54, 1.807) is 12.1 Å². The highest BCUT2D eigenvalue weighted by Crippen LogP contribution is 2.31. The Balaban J connectivity index is 1.22. The van der Waals surface area contributed by atoms with Crippen LogP contribution in [0.2, 0.25) is 0 Å². The van der Waals surface area contributed by atoms with Crippen molar-refractivity contribution >= 4 is 29.4 Å². The largest absolute Gasteiger partial charge is 0.342 e. The van der Waals surface area contributed by atoms with Gasteiger partial charge in [-0.1, -0.05) is 30.7 Å². The fourth-order valence-electron chi connectivity index (χ4n) is 4.31. The standard InChI is InChI=1S/C21H28FN7O2S/c22-16-6-3-7-17(11-16)24-20(31)23-12-15-5-4-10-28(13-15)19(30)14-32-21-25-26-27-29(21)18-8-1-2-9-18/h3,6-7,11,15,18H,1-2,4-5,8-10,12-14H2,(H2,23,24,31). The van der Waals surface area contributed by atoms with Gasteiger partial charge in [-0.3, -0.25) is 4.79 Å². The molecule has 1 unspecified atom stereocenters. The van der Waals surface area contributed by atoms with Crippen molar-refractivity contribution in [3.63, 3.8) is 0 Å². The molecule has 2 heterocycles. The third-order valence-corrected chi connectivity index (χ3v) is 6.88. The summed E-state index contributed by atoms with van der Waals surface area (Å²) in [4.78, 5) is 26.7. The normalized spacial score (nSPS) is 19.2. The maximum atomic E-state index is 13.2. The van der Waals surface area contributed by atoms with Crippen LogP contribution in [0, 0.1) is 11.7 Å². The summed E-state index contributed by atoms with van der Waals surface area (Å²) >= 11 is 1.39. The number of piperidine rings is 1. The quantitative estimate of drug-likeness (QED) is 0.614. The van der Waals surface area contributed by atoms with Gasteiger partial charge in [-0.2, -0.15) is 0 Å². The number of likely N-dealkylation sites (tertiary alicyclic amines) is 1. The lowest BCUT2D eigenvalue weighted by Gasteiger charge is -2.32. The zero-order valence-corrected chi connectivity index (χ0v) is 18.7. The lowest BCUT2D eigenvalue weighted by molar-refractivity contribution is -0.130. The molecule has 1 saturated carbocycles. The summed E-state index contributed by atoms with van der Waals surface area (Å²) in [5.41, 5.74) is 0.403. The molecule has 2 N–H and O–H groups in total. The predicted octanol–water partition coefficient (Wildman–Crippen LogP) is 3.08. The molecule has 9 nitrogen and oxygen atoms in total. The number of rotatable bonds is 7. The number of halogens is 1. The minimum Gasteiger partial charge on any atom is -0.342 e. The molecule has 3 amide bonds. The maximum Gasteiger partial charge on any atom is 0.319 e. The molecule has 1 aliphatic carbocycles. The van der Waals surface area contributed by atoms with Crippen molar-refractivity contribution < 1.29 is 14.0 Å². The van der Waals surface area contributed by atoms with Gasteiger partial charge in [0.2, 0.25) is 11.1 Å². The maximum absolute atomic E-state index is 13.2. The Morgan fingerprint density at radius 3 is 2.84 bits per heavy atom. The van der Waals surface area contributed by atoms with E-state index in [2.05, 4.69) is 26.2 Å². The number of amides is 3. The van der Waals surface area contributed by atoms with E-state index in [4.69, 9.17) is 0 Å². The highest BCUT2D eigenvalue weighted by molar-refractivity contribution is 7.99. The van der Waals surface area contributed by atoms with Gasteiger partial charge in [0.05, 0.1) is 11.8 Å². The molecule has 172 valence electrons. The molecular formula is C21H28FN7O2S. The zero-order chi connectivity index (χ0) is 22.3. The predicted molar refractivity (Wildman–Crippen MR) is 119 cm³/mol. The Morgan fingerprint density at radius 1 is 1.19 bits per heavy atom. The van der Waals surface area contributed by atoms with E-state index in [0.717, 1.165) is 32.2 Å². The minimum absolute atomic E-state index is 0.0601. The van der Waals surface area contributed by atoms with Gasteiger partial charge in [0.25, 0.3) is 0 Å². The van der Waals surface area contributed by atoms with Crippen LogP contribution in [0.4, 0.5) is 14.9 Å². The number of thioether (sulfide) groups is 1. The van der Waals surface area contributed by atoms with Crippen LogP contribution in [0.1, 0.15) is 44.6 Å². The molecule has 2 aromatic rings. The first-order valence-electron chi connectivity index (χ1n) is 11.1. The fourth-order valence-corrected chi connectivity index (χ4v) is 5.16. The molecule has 0 spiro atoms. The lowest BCUT2D eigenvalue weighted by atomic mass is 9.98. The first kappa shape index (κ1) is 22.5. The zero-order valence-electron chi connectivity index (χ0n) is 17.9. The second-order valence-corrected chi connectivity index (χ2v) is 9.27. The van der Waals surface area contributed by atoms with Crippen molar-refractivity contribution in [3.8, 4) is 0 Å². The van der Waals surface area contributed by atoms with Crippen LogP contribution in [0.5, 0.6) is 0 Å². The topological polar surface area (TPSA) is 105 Å². The molecule has 4 rings (SSSR count). The van der Waals surface area contributed by atoms with Gasteiger partial charge in [0, 0.05) is 25.3 Å². The number of anilines is 1. The third-order valence-electron chi connectivity index (χ3n) is 5.96. The summed E-state index contributed by atoms with van der Waals surface area (Å²) in [6, 6.07) is 5.72. The highest BCUT2D eigenvalue weighted by Gasteiger charge is 2.26. The van der Waals surface area contributed by atoms with E-state index in [1.807, 2.05) is 9.58 Å². The van der Waals surface area contributed by atoms with Crippen LogP contribution < -0.4 is 10.6 Å². The Bertz CT molecular complexity index is 934. The van der Waals surface area contributed by atoms with Gasteiger partial charge in [-0.05, 0) is 60.2 Å². The van der Waals surface area contributed by atoms with Crippen molar-refractivity contribution in [2.75, 3.05) is 30.7 Å². The highest BCUT2D eigenvalue weighted by atomic mass is 32.2. The van der Waals surface area contributed by atoms with Crippen LogP contribution in [0.15, 0.2) is 29.4 Å². The van der Waals surface area contributed by atoms with Crippen LogP contribution in [-0.4, -0.2) is 62.4 Å². The molecule has 0 radical (unpaired) electrons. The number of hydrogen-bond donors (Lipinski definition) is 2. The van der Waals surface area contributed by atoms with Gasteiger partial charge in [-0.25, -0.2) is 13.9 Å². The van der Waals surface area contributed by atoms with Gasteiger partial charge in [-0.15, -0.1) is 5.10 Å². The van der Waals surface area contributed by atoms with Crippen molar-refractivity contribution in [1.29, 1.82) is 0 Å². The van der Waals surface area contributed by atoms with E-state index in [-0.39, 0.29) is 17.9 Å². The molecule has 1 aliphatic heterocycles. The van der Waals surface area contributed by atoms with Gasteiger partial charge in [0.1, 0.15) is 5.82 Å². The first-order chi connectivity index (χ1) is 15.6. The van der Waals surface area contributed by atoms with Crippen LogP contribution in [0.25, 0.3) is 0 Å². The monoisotopic (exact) mass is 461 g/mol. The summed E-state index contributed by atoms with van der Waals surface area (Å²) in [5, 5.41) is 18.2. The Hall–Kier alpha value is -2.69. The van der Waals surface area contributed by atoms with E-state index in [9.17, 15) is 14.0 Å². The number of nitrogens with zero attached hydrogens (tertiary/aromatic N) is 5. The first-order valence-corrected chi connectivity index (χ1v) is 12.1. The molecule has 1 saturated heterocycles. The van der Waals surface area contributed by atoms with Crippen molar-refractivity contribution in [1.82, 2.24) is 30.4 Å². The molecule has 1 atom stereocenters. The van der Waals surface area contributed by atoms with E-state index >= 15 is 0 Å². The molecule has 2 aliphatic rings. The number of urea groups is 1. The molecular weight excluding hydrogens is 433 g/mol. The number of benzene rings is 1. The van der Waals surface area contributed by atoms with Gasteiger partial charge in [0.15, 0.2) is 0 Å². The molecule has 0 bridgehead atoms. The summed E-state index contributed by atoms with van der Waals surface area (Å²) in [7, 11) is 0. The van der Waals surface area contributed by atoms with E-state index in [0.29, 0.717) is 35.7 Å². The molecule has 1 aromatic carbocycles. The summed E-state index contributed by atoms with van der Waals surface area (Å²) < 4.78 is 15.1. The molecule has 32 heavy (non-hydrogen) atoms. The van der Waals surface area contributed by atoms with Gasteiger partial charge < -0.3 is 15.5 Å². The third kappa shape index (κ3) is 5.96. The summed E-state index contributed by atoms with van der Waals surface area (Å²) in [6.07, 6.45) is 6.39. The van der Waals surface area contributed by atoms with Gasteiger partial charge >= 0.3 is 6.03 Å². The average molecular weight is 462 g/mol. The SMILES string of the molecule is O=C(NCC1CCCN(C(=O)CSc2nnnn2C2CCCC2)C1)Nc1cccc(F)c1. The van der Waals surface area contributed by atoms with Crippen LogP contribution in [0.3, 0.4) is 0 Å². The van der Waals surface area contributed by atoms with E-state index in [1.165, 1.54) is 36.7 Å². The number of tetrazole rings is 1.